The lowest BCUT2D eigenvalue weighted by atomic mass is 10.3. The Morgan fingerprint density at radius 2 is 2.24 bits per heavy atom. The number of benzene rings is 1. The maximum Gasteiger partial charge on any atom is 0.147 e. The van der Waals surface area contributed by atoms with Crippen LogP contribution in [0, 0.1) is 6.92 Å². The monoisotopic (exact) mass is 244 g/mol. The van der Waals surface area contributed by atoms with Crippen molar-refractivity contribution in [2.75, 3.05) is 0 Å². The van der Waals surface area contributed by atoms with E-state index in [9.17, 15) is 0 Å². The van der Waals surface area contributed by atoms with Crippen molar-refractivity contribution in [3.63, 3.8) is 0 Å². The van der Waals surface area contributed by atoms with Crippen LogP contribution < -0.4 is 0 Å². The molecule has 0 spiro atoms. The molecule has 17 heavy (non-hydrogen) atoms. The summed E-state index contributed by atoms with van der Waals surface area (Å²) in [6.07, 6.45) is 2.72. The van der Waals surface area contributed by atoms with Crippen LogP contribution in [-0.4, -0.2) is 19.7 Å². The highest BCUT2D eigenvalue weighted by Crippen LogP contribution is 2.24. The van der Waals surface area contributed by atoms with Gasteiger partial charge >= 0.3 is 0 Å². The number of hydrogen-bond donors (Lipinski definition) is 0. The van der Waals surface area contributed by atoms with Gasteiger partial charge in [-0.2, -0.15) is 5.10 Å². The third kappa shape index (κ3) is 1.82. The number of nitrogens with zero attached hydrogens (tertiary/aromatic N) is 4. The van der Waals surface area contributed by atoms with Crippen molar-refractivity contribution in [1.29, 1.82) is 0 Å². The molecule has 0 saturated carbocycles. The molecule has 0 aliphatic rings. The average Bonchev–Trinajstić information content (AvgIpc) is 2.93. The Balaban J connectivity index is 2.12. The summed E-state index contributed by atoms with van der Waals surface area (Å²) in [5.41, 5.74) is 2.09. The fourth-order valence-corrected chi connectivity index (χ4v) is 2.67. The standard InChI is InChI=1S/C12H12N4S/c1-3-12-14-10-5-4-9(6-11(10)17-12)16-7-13-8(2)15-16/h4-7H,3H2,1-2H3. The molecule has 2 aromatic heterocycles. The second kappa shape index (κ2) is 3.92. The molecule has 0 amide bonds. The van der Waals surface area contributed by atoms with Crippen LogP contribution in [0.15, 0.2) is 24.5 Å². The van der Waals surface area contributed by atoms with Crippen molar-refractivity contribution in [3.8, 4) is 5.69 Å². The second-order valence-electron chi connectivity index (χ2n) is 3.85. The molecule has 5 heteroatoms. The summed E-state index contributed by atoms with van der Waals surface area (Å²) in [5.74, 6) is 0.781. The van der Waals surface area contributed by atoms with E-state index in [1.165, 1.54) is 9.71 Å². The first-order chi connectivity index (χ1) is 8.26. The van der Waals surface area contributed by atoms with Crippen LogP contribution in [0.1, 0.15) is 17.8 Å². The number of aromatic nitrogens is 4. The van der Waals surface area contributed by atoms with Gasteiger partial charge in [-0.25, -0.2) is 14.6 Å². The minimum atomic E-state index is 0.781. The molecule has 4 nitrogen and oxygen atoms in total. The van der Waals surface area contributed by atoms with Gasteiger partial charge in [-0.3, -0.25) is 0 Å². The van der Waals surface area contributed by atoms with E-state index in [-0.39, 0.29) is 0 Å². The van der Waals surface area contributed by atoms with E-state index in [1.54, 1.807) is 22.3 Å². The van der Waals surface area contributed by atoms with Crippen molar-refractivity contribution in [3.05, 3.63) is 35.4 Å². The summed E-state index contributed by atoms with van der Waals surface area (Å²) in [6.45, 7) is 4.01. The lowest BCUT2D eigenvalue weighted by Gasteiger charge is -1.98. The minimum absolute atomic E-state index is 0.781. The van der Waals surface area contributed by atoms with Gasteiger partial charge in [0.2, 0.25) is 0 Å². The summed E-state index contributed by atoms with van der Waals surface area (Å²) in [6, 6.07) is 6.17. The Morgan fingerprint density at radius 1 is 1.35 bits per heavy atom. The highest BCUT2D eigenvalue weighted by Gasteiger charge is 2.05. The number of thiazole rings is 1. The van der Waals surface area contributed by atoms with Gasteiger partial charge in [0.05, 0.1) is 20.9 Å². The Bertz CT molecular complexity index is 668. The van der Waals surface area contributed by atoms with Gasteiger partial charge in [-0.1, -0.05) is 6.92 Å². The number of fused-ring (bicyclic) bond motifs is 1. The van der Waals surface area contributed by atoms with Crippen LogP contribution in [0.4, 0.5) is 0 Å². The van der Waals surface area contributed by atoms with Gasteiger partial charge in [-0.15, -0.1) is 11.3 Å². The third-order valence-electron chi connectivity index (χ3n) is 2.59. The van der Waals surface area contributed by atoms with Crippen LogP contribution in [-0.2, 0) is 6.42 Å². The summed E-state index contributed by atoms with van der Waals surface area (Å²) < 4.78 is 2.99. The molecule has 2 heterocycles. The van der Waals surface area contributed by atoms with Gasteiger partial charge < -0.3 is 0 Å². The minimum Gasteiger partial charge on any atom is -0.241 e. The van der Waals surface area contributed by atoms with Crippen LogP contribution in [0.2, 0.25) is 0 Å². The molecule has 0 aliphatic heterocycles. The number of rotatable bonds is 2. The summed E-state index contributed by atoms with van der Waals surface area (Å²) in [4.78, 5) is 8.68. The van der Waals surface area contributed by atoms with E-state index in [1.807, 2.05) is 19.1 Å². The summed E-state index contributed by atoms with van der Waals surface area (Å²) >= 11 is 1.74. The fraction of sp³-hybridized carbons (Fsp3) is 0.250. The van der Waals surface area contributed by atoms with E-state index in [2.05, 4.69) is 28.1 Å². The normalized spacial score (nSPS) is 11.2. The predicted octanol–water partition coefficient (Wildman–Crippen LogP) is 2.75. The molecule has 3 aromatic rings. The van der Waals surface area contributed by atoms with E-state index in [0.717, 1.165) is 23.4 Å². The highest BCUT2D eigenvalue weighted by molar-refractivity contribution is 7.18. The van der Waals surface area contributed by atoms with E-state index < -0.39 is 0 Å². The van der Waals surface area contributed by atoms with Crippen LogP contribution in [0.3, 0.4) is 0 Å². The van der Waals surface area contributed by atoms with Gasteiger partial charge in [0, 0.05) is 0 Å². The molecule has 86 valence electrons. The van der Waals surface area contributed by atoms with Gasteiger partial charge in [-0.05, 0) is 31.5 Å². The van der Waals surface area contributed by atoms with Crippen LogP contribution in [0.25, 0.3) is 15.9 Å². The van der Waals surface area contributed by atoms with Crippen LogP contribution >= 0.6 is 11.3 Å². The molecule has 0 saturated heterocycles. The lowest BCUT2D eigenvalue weighted by molar-refractivity contribution is 0.864. The Hall–Kier alpha value is -1.75. The SMILES string of the molecule is CCc1nc2ccc(-n3cnc(C)n3)cc2s1. The third-order valence-corrected chi connectivity index (χ3v) is 3.75. The first kappa shape index (κ1) is 10.4. The summed E-state index contributed by atoms with van der Waals surface area (Å²) in [7, 11) is 0. The van der Waals surface area contributed by atoms with E-state index in [0.29, 0.717) is 0 Å². The average molecular weight is 244 g/mol. The summed E-state index contributed by atoms with van der Waals surface area (Å²) in [5, 5.41) is 5.48. The zero-order chi connectivity index (χ0) is 11.8. The molecule has 0 aliphatic carbocycles. The molecule has 0 unspecified atom stereocenters. The van der Waals surface area contributed by atoms with Gasteiger partial charge in [0.25, 0.3) is 0 Å². The quantitative estimate of drug-likeness (QED) is 0.696. The number of aryl methyl sites for hydroxylation is 2. The smallest absolute Gasteiger partial charge is 0.147 e. The van der Waals surface area contributed by atoms with Crippen molar-refractivity contribution < 1.29 is 0 Å². The first-order valence-corrected chi connectivity index (χ1v) is 6.36. The lowest BCUT2D eigenvalue weighted by Crippen LogP contribution is -1.94. The molecule has 1 aromatic carbocycles. The molecule has 0 atom stereocenters. The van der Waals surface area contributed by atoms with Crippen molar-refractivity contribution >= 4 is 21.6 Å². The van der Waals surface area contributed by atoms with Crippen molar-refractivity contribution in [2.45, 2.75) is 20.3 Å². The zero-order valence-corrected chi connectivity index (χ0v) is 10.5. The molecule has 0 bridgehead atoms. The molecular weight excluding hydrogens is 232 g/mol. The Kier molecular flexibility index (Phi) is 2.40. The van der Waals surface area contributed by atoms with E-state index in [4.69, 9.17) is 0 Å². The topological polar surface area (TPSA) is 43.6 Å². The Morgan fingerprint density at radius 3 is 2.94 bits per heavy atom. The molecule has 0 radical (unpaired) electrons. The van der Waals surface area contributed by atoms with E-state index >= 15 is 0 Å². The van der Waals surface area contributed by atoms with Crippen molar-refractivity contribution in [1.82, 2.24) is 19.7 Å². The first-order valence-electron chi connectivity index (χ1n) is 5.54. The maximum absolute atomic E-state index is 4.54. The van der Waals surface area contributed by atoms with Gasteiger partial charge in [0.1, 0.15) is 12.2 Å². The second-order valence-corrected chi connectivity index (χ2v) is 4.96. The molecule has 0 fully saturated rings. The predicted molar refractivity (Wildman–Crippen MR) is 68.7 cm³/mol. The highest BCUT2D eigenvalue weighted by atomic mass is 32.1. The number of hydrogen-bond acceptors (Lipinski definition) is 4. The van der Waals surface area contributed by atoms with Crippen LogP contribution in [0.5, 0.6) is 0 Å². The molecular formula is C12H12N4S. The molecule has 3 rings (SSSR count). The zero-order valence-electron chi connectivity index (χ0n) is 9.71. The largest absolute Gasteiger partial charge is 0.241 e. The van der Waals surface area contributed by atoms with Gasteiger partial charge in [0.15, 0.2) is 0 Å². The fourth-order valence-electron chi connectivity index (χ4n) is 1.72. The maximum atomic E-state index is 4.54. The van der Waals surface area contributed by atoms with Crippen molar-refractivity contribution in [2.24, 2.45) is 0 Å². The molecule has 0 N–H and O–H groups in total. The Labute approximate surface area is 103 Å².